The molecule has 0 rings (SSSR count). The summed E-state index contributed by atoms with van der Waals surface area (Å²) in [6.07, 6.45) is 6.05. The van der Waals surface area contributed by atoms with Gasteiger partial charge in [0.05, 0.1) is 0 Å². The van der Waals surface area contributed by atoms with E-state index in [0.717, 1.165) is 25.9 Å². The molecule has 0 amide bonds. The van der Waals surface area contributed by atoms with Crippen LogP contribution in [0.4, 0.5) is 0 Å². The van der Waals surface area contributed by atoms with Gasteiger partial charge < -0.3 is 0 Å². The molecule has 12 heavy (non-hydrogen) atoms. The molecule has 0 saturated carbocycles. The van der Waals surface area contributed by atoms with Crippen molar-refractivity contribution >= 4 is 0 Å². The lowest BCUT2D eigenvalue weighted by molar-refractivity contribution is 0.319. The van der Waals surface area contributed by atoms with Crippen molar-refractivity contribution in [2.45, 2.75) is 26.7 Å². The predicted molar refractivity (Wildman–Crippen MR) is 55.3 cm³/mol. The van der Waals surface area contributed by atoms with Gasteiger partial charge in [0.15, 0.2) is 0 Å². The standard InChI is InChI=1S/C11H20N/c1-5-7-8-11(3,4)10-12-9-6-2/h5-6H,1-2,7-10H2,3-4H3. The molecule has 1 heteroatoms. The maximum atomic E-state index is 4.36. The Balaban J connectivity index is 3.54. The van der Waals surface area contributed by atoms with Gasteiger partial charge >= 0.3 is 0 Å². The molecule has 0 fully saturated rings. The highest BCUT2D eigenvalue weighted by Gasteiger charge is 2.15. The third kappa shape index (κ3) is 6.17. The molecule has 0 unspecified atom stereocenters. The van der Waals surface area contributed by atoms with Crippen LogP contribution in [0, 0.1) is 5.41 Å². The summed E-state index contributed by atoms with van der Waals surface area (Å²) in [5.74, 6) is 0. The lowest BCUT2D eigenvalue weighted by Crippen LogP contribution is -2.24. The fourth-order valence-electron chi connectivity index (χ4n) is 1.03. The van der Waals surface area contributed by atoms with Gasteiger partial charge in [0.1, 0.15) is 0 Å². The van der Waals surface area contributed by atoms with Crippen molar-refractivity contribution in [2.24, 2.45) is 5.41 Å². The first-order valence-corrected chi connectivity index (χ1v) is 4.47. The second-order valence-electron chi connectivity index (χ2n) is 3.84. The molecule has 0 N–H and O–H groups in total. The average Bonchev–Trinajstić information content (AvgIpc) is 2.01. The zero-order valence-electron chi connectivity index (χ0n) is 8.34. The van der Waals surface area contributed by atoms with Crippen molar-refractivity contribution in [3.63, 3.8) is 0 Å². The minimum absolute atomic E-state index is 0.317. The van der Waals surface area contributed by atoms with Crippen molar-refractivity contribution in [2.75, 3.05) is 13.1 Å². The van der Waals surface area contributed by atoms with Gasteiger partial charge in [0.2, 0.25) is 0 Å². The Labute approximate surface area is 76.6 Å². The fourth-order valence-corrected chi connectivity index (χ4v) is 1.03. The minimum atomic E-state index is 0.317. The first kappa shape index (κ1) is 11.4. The Kier molecular flexibility index (Phi) is 5.73. The van der Waals surface area contributed by atoms with Gasteiger partial charge in [-0.1, -0.05) is 26.0 Å². The van der Waals surface area contributed by atoms with Crippen LogP contribution in [0.1, 0.15) is 26.7 Å². The molecule has 0 aliphatic rings. The molecule has 0 bridgehead atoms. The van der Waals surface area contributed by atoms with E-state index in [2.05, 4.69) is 32.3 Å². The number of allylic oxidation sites excluding steroid dienone is 1. The lowest BCUT2D eigenvalue weighted by atomic mass is 9.88. The number of hydrogen-bond acceptors (Lipinski definition) is 0. The topological polar surface area (TPSA) is 14.1 Å². The highest BCUT2D eigenvalue weighted by molar-refractivity contribution is 4.78. The summed E-state index contributed by atoms with van der Waals surface area (Å²) < 4.78 is 0. The van der Waals surface area contributed by atoms with Crippen LogP contribution in [0.5, 0.6) is 0 Å². The van der Waals surface area contributed by atoms with Crippen LogP contribution in [0.2, 0.25) is 0 Å². The van der Waals surface area contributed by atoms with Gasteiger partial charge in [0.25, 0.3) is 0 Å². The highest BCUT2D eigenvalue weighted by atomic mass is 14.9. The smallest absolute Gasteiger partial charge is 0.0311 e. The molecule has 1 nitrogen and oxygen atoms in total. The summed E-state index contributed by atoms with van der Waals surface area (Å²) in [6.45, 7) is 13.5. The first-order valence-electron chi connectivity index (χ1n) is 4.47. The second-order valence-corrected chi connectivity index (χ2v) is 3.84. The van der Waals surface area contributed by atoms with Crippen LogP contribution in [-0.4, -0.2) is 13.1 Å². The molecule has 0 aromatic carbocycles. The van der Waals surface area contributed by atoms with E-state index in [-0.39, 0.29) is 0 Å². The van der Waals surface area contributed by atoms with Crippen molar-refractivity contribution in [3.05, 3.63) is 25.3 Å². The maximum absolute atomic E-state index is 4.36. The van der Waals surface area contributed by atoms with Crippen LogP contribution in [0.15, 0.2) is 25.3 Å². The molecule has 69 valence electrons. The Hall–Kier alpha value is -0.560. The molecule has 0 saturated heterocycles. The predicted octanol–water partition coefficient (Wildman–Crippen LogP) is 2.77. The van der Waals surface area contributed by atoms with E-state index in [1.165, 1.54) is 0 Å². The number of rotatable bonds is 7. The van der Waals surface area contributed by atoms with Crippen LogP contribution in [-0.2, 0) is 0 Å². The molecular formula is C11H20N. The zero-order valence-corrected chi connectivity index (χ0v) is 8.34. The zero-order chi connectivity index (χ0) is 9.45. The van der Waals surface area contributed by atoms with E-state index < -0.39 is 0 Å². The quantitative estimate of drug-likeness (QED) is 0.408. The lowest BCUT2D eigenvalue weighted by Gasteiger charge is -2.22. The van der Waals surface area contributed by atoms with Gasteiger partial charge in [-0.3, -0.25) is 0 Å². The summed E-state index contributed by atoms with van der Waals surface area (Å²) in [6, 6.07) is 0. The summed E-state index contributed by atoms with van der Waals surface area (Å²) in [4.78, 5) is 0. The fraction of sp³-hybridized carbons (Fsp3) is 0.636. The Bertz CT molecular complexity index is 136. The molecule has 0 aromatic rings. The van der Waals surface area contributed by atoms with Crippen molar-refractivity contribution in [1.82, 2.24) is 5.32 Å². The van der Waals surface area contributed by atoms with Crippen LogP contribution in [0.25, 0.3) is 0 Å². The van der Waals surface area contributed by atoms with Crippen molar-refractivity contribution < 1.29 is 0 Å². The summed E-state index contributed by atoms with van der Waals surface area (Å²) in [5.41, 5.74) is 0.317. The normalized spacial score (nSPS) is 11.2. The SMILES string of the molecule is C=CCCC(C)(C)C[N]CC=C. The van der Waals surface area contributed by atoms with Crippen LogP contribution < -0.4 is 5.32 Å². The van der Waals surface area contributed by atoms with Crippen molar-refractivity contribution in [1.29, 1.82) is 0 Å². The summed E-state index contributed by atoms with van der Waals surface area (Å²) in [7, 11) is 0. The summed E-state index contributed by atoms with van der Waals surface area (Å²) in [5, 5.41) is 4.36. The summed E-state index contributed by atoms with van der Waals surface area (Å²) >= 11 is 0. The molecule has 0 heterocycles. The largest absolute Gasteiger partial charge is 0.237 e. The monoisotopic (exact) mass is 166 g/mol. The molecule has 0 aliphatic heterocycles. The van der Waals surface area contributed by atoms with Gasteiger partial charge in [-0.2, -0.15) is 0 Å². The highest BCUT2D eigenvalue weighted by Crippen LogP contribution is 2.21. The molecule has 0 aliphatic carbocycles. The molecule has 0 spiro atoms. The molecule has 0 aromatic heterocycles. The van der Waals surface area contributed by atoms with Crippen molar-refractivity contribution in [3.8, 4) is 0 Å². The molecule has 1 radical (unpaired) electrons. The average molecular weight is 166 g/mol. The van der Waals surface area contributed by atoms with Gasteiger partial charge in [-0.15, -0.1) is 13.2 Å². The van der Waals surface area contributed by atoms with E-state index in [1.54, 1.807) is 0 Å². The van der Waals surface area contributed by atoms with E-state index in [4.69, 9.17) is 0 Å². The van der Waals surface area contributed by atoms with E-state index >= 15 is 0 Å². The number of hydrogen-bond donors (Lipinski definition) is 0. The van der Waals surface area contributed by atoms with E-state index in [0.29, 0.717) is 5.41 Å². The molecule has 0 atom stereocenters. The Morgan fingerprint density at radius 1 is 1.25 bits per heavy atom. The Morgan fingerprint density at radius 3 is 2.42 bits per heavy atom. The Morgan fingerprint density at radius 2 is 1.92 bits per heavy atom. The van der Waals surface area contributed by atoms with Crippen LogP contribution >= 0.6 is 0 Å². The van der Waals surface area contributed by atoms with Gasteiger partial charge in [0, 0.05) is 13.1 Å². The first-order chi connectivity index (χ1) is 5.62. The minimum Gasteiger partial charge on any atom is -0.237 e. The van der Waals surface area contributed by atoms with Crippen LogP contribution in [0.3, 0.4) is 0 Å². The van der Waals surface area contributed by atoms with E-state index in [9.17, 15) is 0 Å². The third-order valence-electron chi connectivity index (χ3n) is 1.82. The van der Waals surface area contributed by atoms with Gasteiger partial charge in [-0.05, 0) is 18.3 Å². The second kappa shape index (κ2) is 6.01. The van der Waals surface area contributed by atoms with E-state index in [1.807, 2.05) is 12.2 Å². The third-order valence-corrected chi connectivity index (χ3v) is 1.82. The maximum Gasteiger partial charge on any atom is 0.0311 e. The number of nitrogens with zero attached hydrogens (tertiary/aromatic N) is 1. The van der Waals surface area contributed by atoms with Gasteiger partial charge in [-0.25, -0.2) is 5.32 Å². The molecular weight excluding hydrogens is 146 g/mol.